The van der Waals surface area contributed by atoms with Crippen LogP contribution in [0.25, 0.3) is 0 Å². The smallest absolute Gasteiger partial charge is 0.338 e. The molecule has 1 aliphatic rings. The van der Waals surface area contributed by atoms with E-state index >= 15 is 0 Å². The maximum Gasteiger partial charge on any atom is 0.338 e. The number of anilines is 2. The molecule has 1 aliphatic heterocycles. The van der Waals surface area contributed by atoms with Crippen LogP contribution in [-0.2, 0) is 9.53 Å². The summed E-state index contributed by atoms with van der Waals surface area (Å²) < 4.78 is 5.51. The molecule has 1 atom stereocenters. The van der Waals surface area contributed by atoms with E-state index in [1.807, 2.05) is 58.2 Å². The molecule has 198 valence electrons. The summed E-state index contributed by atoms with van der Waals surface area (Å²) in [6, 6.07) is 12.8. The topological polar surface area (TPSA) is 82.7 Å². The van der Waals surface area contributed by atoms with E-state index in [1.165, 1.54) is 0 Å². The van der Waals surface area contributed by atoms with Crippen LogP contribution in [0.1, 0.15) is 83.0 Å². The SMILES string of the molecule is CC1=C(C(=O)OC(C)C)[C@@H](c2ccc(NC(=O)Nc3c(C(C)C)cccc3C(C)C)cc2)NC(=S)N1C. The van der Waals surface area contributed by atoms with Crippen LogP contribution >= 0.6 is 12.2 Å². The fourth-order valence-corrected chi connectivity index (χ4v) is 4.61. The van der Waals surface area contributed by atoms with Crippen molar-refractivity contribution in [2.24, 2.45) is 0 Å². The highest BCUT2D eigenvalue weighted by molar-refractivity contribution is 7.80. The van der Waals surface area contributed by atoms with E-state index in [4.69, 9.17) is 17.0 Å². The summed E-state index contributed by atoms with van der Waals surface area (Å²) in [6.45, 7) is 14.0. The summed E-state index contributed by atoms with van der Waals surface area (Å²) in [5.74, 6) is 0.162. The number of nitrogens with one attached hydrogen (secondary N) is 3. The molecule has 3 rings (SSSR count). The number of thiocarbonyl (C=S) groups is 1. The fraction of sp³-hybridized carbons (Fsp3) is 0.414. The number of allylic oxidation sites excluding steroid dienone is 1. The number of urea groups is 1. The number of rotatable bonds is 7. The van der Waals surface area contributed by atoms with E-state index in [1.54, 1.807) is 4.90 Å². The molecule has 37 heavy (non-hydrogen) atoms. The Labute approximate surface area is 225 Å². The number of benzene rings is 2. The Bertz CT molecular complexity index is 1180. The van der Waals surface area contributed by atoms with Crippen molar-refractivity contribution in [2.75, 3.05) is 17.7 Å². The minimum atomic E-state index is -0.454. The Balaban J connectivity index is 1.82. The van der Waals surface area contributed by atoms with Crippen molar-refractivity contribution in [2.45, 2.75) is 72.4 Å². The van der Waals surface area contributed by atoms with Crippen molar-refractivity contribution in [3.63, 3.8) is 0 Å². The van der Waals surface area contributed by atoms with Gasteiger partial charge in [-0.05, 0) is 73.6 Å². The van der Waals surface area contributed by atoms with Crippen LogP contribution in [0, 0.1) is 0 Å². The number of amides is 2. The Morgan fingerprint density at radius 2 is 1.51 bits per heavy atom. The Hall–Kier alpha value is -3.39. The molecule has 0 radical (unpaired) electrons. The third-order valence-corrected chi connectivity index (χ3v) is 6.82. The molecule has 0 spiro atoms. The second-order valence-corrected chi connectivity index (χ2v) is 10.6. The molecule has 0 aromatic heterocycles. The zero-order valence-corrected chi connectivity index (χ0v) is 23.7. The zero-order chi connectivity index (χ0) is 27.4. The van der Waals surface area contributed by atoms with Crippen molar-refractivity contribution in [1.29, 1.82) is 0 Å². The average Bonchev–Trinajstić information content (AvgIpc) is 2.82. The third-order valence-electron chi connectivity index (χ3n) is 6.43. The molecule has 0 bridgehead atoms. The van der Waals surface area contributed by atoms with Gasteiger partial charge in [-0.2, -0.15) is 0 Å². The minimum Gasteiger partial charge on any atom is -0.459 e. The molecule has 2 aromatic rings. The fourth-order valence-electron chi connectivity index (χ4n) is 4.36. The largest absolute Gasteiger partial charge is 0.459 e. The lowest BCUT2D eigenvalue weighted by atomic mass is 9.93. The van der Waals surface area contributed by atoms with Gasteiger partial charge in [-0.3, -0.25) is 0 Å². The van der Waals surface area contributed by atoms with Crippen LogP contribution in [0.15, 0.2) is 53.7 Å². The number of esters is 1. The van der Waals surface area contributed by atoms with Gasteiger partial charge in [-0.1, -0.05) is 58.0 Å². The second-order valence-electron chi connectivity index (χ2n) is 10.2. The first-order valence-electron chi connectivity index (χ1n) is 12.7. The molecule has 0 fully saturated rings. The van der Waals surface area contributed by atoms with Gasteiger partial charge >= 0.3 is 12.0 Å². The average molecular weight is 523 g/mol. The van der Waals surface area contributed by atoms with Crippen LogP contribution in [-0.4, -0.2) is 35.2 Å². The molecular weight excluding hydrogens is 484 g/mol. The molecule has 7 nitrogen and oxygen atoms in total. The van der Waals surface area contributed by atoms with Gasteiger partial charge in [-0.15, -0.1) is 0 Å². The van der Waals surface area contributed by atoms with Crippen LogP contribution < -0.4 is 16.0 Å². The molecule has 1 heterocycles. The van der Waals surface area contributed by atoms with Gasteiger partial charge in [0.1, 0.15) is 0 Å². The lowest BCUT2D eigenvalue weighted by Gasteiger charge is -2.35. The molecule has 0 saturated carbocycles. The van der Waals surface area contributed by atoms with Crippen LogP contribution in [0.3, 0.4) is 0 Å². The maximum absolute atomic E-state index is 13.0. The minimum absolute atomic E-state index is 0.241. The van der Waals surface area contributed by atoms with Crippen molar-refractivity contribution in [1.82, 2.24) is 10.2 Å². The molecular formula is C29H38N4O3S. The zero-order valence-electron chi connectivity index (χ0n) is 22.9. The summed E-state index contributed by atoms with van der Waals surface area (Å²) >= 11 is 5.48. The quantitative estimate of drug-likeness (QED) is 0.278. The number of para-hydroxylation sites is 1. The summed E-state index contributed by atoms with van der Waals surface area (Å²) in [6.07, 6.45) is -0.241. The molecule has 0 saturated heterocycles. The highest BCUT2D eigenvalue weighted by atomic mass is 32.1. The van der Waals surface area contributed by atoms with Gasteiger partial charge in [0, 0.05) is 24.1 Å². The monoisotopic (exact) mass is 522 g/mol. The summed E-state index contributed by atoms with van der Waals surface area (Å²) in [5, 5.41) is 9.77. The summed E-state index contributed by atoms with van der Waals surface area (Å²) in [7, 11) is 1.82. The number of carbonyl (C=O) groups is 2. The van der Waals surface area contributed by atoms with Crippen LogP contribution in [0.5, 0.6) is 0 Å². The van der Waals surface area contributed by atoms with Crippen LogP contribution in [0.4, 0.5) is 16.2 Å². The van der Waals surface area contributed by atoms with E-state index < -0.39 is 6.04 Å². The molecule has 0 unspecified atom stereocenters. The van der Waals surface area contributed by atoms with Crippen LogP contribution in [0.2, 0.25) is 0 Å². The molecule has 2 amide bonds. The normalized spacial score (nSPS) is 15.8. The molecule has 0 aliphatic carbocycles. The van der Waals surface area contributed by atoms with E-state index in [-0.39, 0.29) is 29.9 Å². The van der Waals surface area contributed by atoms with Gasteiger partial charge in [0.2, 0.25) is 0 Å². The number of nitrogens with zero attached hydrogens (tertiary/aromatic N) is 1. The van der Waals surface area contributed by atoms with Gasteiger partial charge in [0.15, 0.2) is 5.11 Å². The van der Waals surface area contributed by atoms with E-state index in [0.29, 0.717) is 16.4 Å². The van der Waals surface area contributed by atoms with Gasteiger partial charge in [0.05, 0.1) is 17.7 Å². The summed E-state index contributed by atoms with van der Waals surface area (Å²) in [4.78, 5) is 27.7. The van der Waals surface area contributed by atoms with Gasteiger partial charge < -0.3 is 25.6 Å². The highest BCUT2D eigenvalue weighted by Crippen LogP contribution is 2.33. The third kappa shape index (κ3) is 6.49. The lowest BCUT2D eigenvalue weighted by molar-refractivity contribution is -0.143. The molecule has 8 heteroatoms. The number of carbonyl (C=O) groups excluding carboxylic acids is 2. The Morgan fingerprint density at radius 1 is 0.946 bits per heavy atom. The first kappa shape index (κ1) is 28.2. The van der Waals surface area contributed by atoms with Crippen molar-refractivity contribution in [3.05, 3.63) is 70.4 Å². The first-order chi connectivity index (χ1) is 17.4. The van der Waals surface area contributed by atoms with Gasteiger partial charge in [0.25, 0.3) is 0 Å². The standard InChI is InChI=1S/C29H38N4O3S/c1-16(2)22-10-9-11-23(17(3)4)26(22)31-28(35)30-21-14-12-20(13-15-21)25-24(27(34)36-18(5)6)19(7)33(8)29(37)32-25/h9-18,25H,1-8H3,(H,32,37)(H2,30,31,35)/t25-/m1/s1. The second kappa shape index (κ2) is 11.8. The first-order valence-corrected chi connectivity index (χ1v) is 13.1. The number of ether oxygens (including phenoxy) is 1. The van der Waals surface area contributed by atoms with Crippen molar-refractivity contribution in [3.8, 4) is 0 Å². The molecule has 2 aromatic carbocycles. The van der Waals surface area contributed by atoms with Gasteiger partial charge in [-0.25, -0.2) is 9.59 Å². The van der Waals surface area contributed by atoms with E-state index in [0.717, 1.165) is 28.1 Å². The summed E-state index contributed by atoms with van der Waals surface area (Å²) in [5.41, 5.74) is 5.79. The number of hydrogen-bond donors (Lipinski definition) is 3. The Morgan fingerprint density at radius 3 is 2.03 bits per heavy atom. The highest BCUT2D eigenvalue weighted by Gasteiger charge is 2.33. The molecule has 3 N–H and O–H groups in total. The predicted octanol–water partition coefficient (Wildman–Crippen LogP) is 6.66. The van der Waals surface area contributed by atoms with E-state index in [9.17, 15) is 9.59 Å². The Kier molecular flexibility index (Phi) is 8.97. The maximum atomic E-state index is 13.0. The predicted molar refractivity (Wildman–Crippen MR) is 154 cm³/mol. The van der Waals surface area contributed by atoms with Crippen molar-refractivity contribution < 1.29 is 14.3 Å². The number of hydrogen-bond acceptors (Lipinski definition) is 4. The van der Waals surface area contributed by atoms with Crippen molar-refractivity contribution >= 4 is 40.7 Å². The lowest BCUT2D eigenvalue weighted by Crippen LogP contribution is -2.46. The van der Waals surface area contributed by atoms with E-state index in [2.05, 4.69) is 55.8 Å².